The summed E-state index contributed by atoms with van der Waals surface area (Å²) < 4.78 is 65.0. The minimum Gasteiger partial charge on any atom is -0.463 e. The second kappa shape index (κ2) is 37.1. The first-order chi connectivity index (χ1) is 24.3. The number of carbonyl (C=O) groups is 2. The lowest BCUT2D eigenvalue weighted by molar-refractivity contribution is -0.150. The molecule has 0 aliphatic carbocycles. The van der Waals surface area contributed by atoms with Gasteiger partial charge in [-0.1, -0.05) is 26.7 Å². The highest BCUT2D eigenvalue weighted by Gasteiger charge is 2.17. The van der Waals surface area contributed by atoms with Crippen LogP contribution in [-0.2, 0) is 61.6 Å². The van der Waals surface area contributed by atoms with E-state index in [-0.39, 0.29) is 18.5 Å². The lowest BCUT2D eigenvalue weighted by atomic mass is 10.00. The van der Waals surface area contributed by atoms with Crippen molar-refractivity contribution in [2.75, 3.05) is 145 Å². The van der Waals surface area contributed by atoms with Crippen LogP contribution in [0.4, 0.5) is 4.79 Å². The fourth-order valence-corrected chi connectivity index (χ4v) is 3.88. The smallest absolute Gasteiger partial charge is 0.407 e. The molecule has 0 saturated heterocycles. The van der Waals surface area contributed by atoms with Crippen LogP contribution in [-0.4, -0.2) is 163 Å². The molecule has 0 spiro atoms. The van der Waals surface area contributed by atoms with Gasteiger partial charge in [0.25, 0.3) is 0 Å². The van der Waals surface area contributed by atoms with Gasteiger partial charge in [-0.25, -0.2) is 4.79 Å². The van der Waals surface area contributed by atoms with E-state index in [2.05, 4.69) is 12.2 Å². The van der Waals surface area contributed by atoms with E-state index in [0.29, 0.717) is 139 Å². The Balaban J connectivity index is 3.18. The van der Waals surface area contributed by atoms with Crippen molar-refractivity contribution in [3.63, 3.8) is 0 Å². The third-order valence-electron chi connectivity index (χ3n) is 6.47. The van der Waals surface area contributed by atoms with Gasteiger partial charge in [0.15, 0.2) is 0 Å². The molecular formula is C35H69NO14. The molecule has 15 nitrogen and oxygen atoms in total. The van der Waals surface area contributed by atoms with E-state index in [0.717, 1.165) is 25.7 Å². The first-order valence-electron chi connectivity index (χ1n) is 18.2. The summed E-state index contributed by atoms with van der Waals surface area (Å²) in [7, 11) is 0. The third-order valence-corrected chi connectivity index (χ3v) is 6.47. The number of nitrogens with one attached hydrogen (secondary N) is 1. The van der Waals surface area contributed by atoms with Crippen molar-refractivity contribution < 1.29 is 66.4 Å². The van der Waals surface area contributed by atoms with Crippen LogP contribution in [0.2, 0.25) is 0 Å². The average Bonchev–Trinajstić information content (AvgIpc) is 3.08. The molecule has 0 aromatic rings. The van der Waals surface area contributed by atoms with Gasteiger partial charge in [0.2, 0.25) is 0 Å². The second-order valence-electron chi connectivity index (χ2n) is 12.0. The quantitative estimate of drug-likeness (QED) is 0.0729. The molecule has 0 rings (SSSR count). The Hall–Kier alpha value is -1.66. The van der Waals surface area contributed by atoms with Gasteiger partial charge >= 0.3 is 12.1 Å². The molecule has 15 heteroatoms. The predicted molar refractivity (Wildman–Crippen MR) is 187 cm³/mol. The van der Waals surface area contributed by atoms with Crippen LogP contribution in [0.3, 0.4) is 0 Å². The average molecular weight is 728 g/mol. The van der Waals surface area contributed by atoms with Gasteiger partial charge < -0.3 is 62.2 Å². The molecule has 0 bridgehead atoms. The van der Waals surface area contributed by atoms with Crippen molar-refractivity contribution in [1.29, 1.82) is 0 Å². The highest BCUT2D eigenvalue weighted by molar-refractivity contribution is 5.72. The van der Waals surface area contributed by atoms with Gasteiger partial charge in [-0.15, -0.1) is 0 Å². The van der Waals surface area contributed by atoms with Crippen LogP contribution >= 0.6 is 0 Å². The number of amides is 1. The summed E-state index contributed by atoms with van der Waals surface area (Å²) >= 11 is 0. The van der Waals surface area contributed by atoms with Gasteiger partial charge in [0.1, 0.15) is 12.2 Å². The SMILES string of the molecule is CCCCC(CC)C(=O)OCCOCCOCCOCCOCCOCCOCCOCCOCCOCCOCCNC(=O)OC(C)(C)C. The minimum atomic E-state index is -0.514. The fraction of sp³-hybridized carbons (Fsp3) is 0.943. The lowest BCUT2D eigenvalue weighted by Crippen LogP contribution is -2.34. The standard InChI is InChI=1S/C35H69NO14/c1-6-8-9-32(7-2)33(37)49-31-30-48-29-28-47-27-26-46-25-24-45-23-22-44-21-20-43-19-18-42-17-16-41-15-14-40-13-12-39-11-10-36-34(38)50-35(3,4)5/h32H,6-31H2,1-5H3,(H,36,38). The summed E-state index contributed by atoms with van der Waals surface area (Å²) in [5.74, 6) is -0.132. The van der Waals surface area contributed by atoms with Crippen LogP contribution in [0.1, 0.15) is 60.3 Å². The van der Waals surface area contributed by atoms with Crippen LogP contribution in [0, 0.1) is 5.92 Å². The van der Waals surface area contributed by atoms with Gasteiger partial charge in [0.05, 0.1) is 138 Å². The first kappa shape index (κ1) is 48.3. The van der Waals surface area contributed by atoms with Crippen molar-refractivity contribution in [2.24, 2.45) is 5.92 Å². The molecule has 0 aliphatic rings. The van der Waals surface area contributed by atoms with Crippen LogP contribution in [0.15, 0.2) is 0 Å². The molecule has 298 valence electrons. The molecule has 0 saturated carbocycles. The highest BCUT2D eigenvalue weighted by atomic mass is 16.6. The number of ether oxygens (including phenoxy) is 12. The van der Waals surface area contributed by atoms with E-state index in [9.17, 15) is 9.59 Å². The van der Waals surface area contributed by atoms with Gasteiger partial charge in [-0.05, 0) is 33.6 Å². The molecule has 1 unspecified atom stereocenters. The summed E-state index contributed by atoms with van der Waals surface area (Å²) in [6, 6.07) is 0. The van der Waals surface area contributed by atoms with Gasteiger partial charge in [-0.3, -0.25) is 4.79 Å². The maximum Gasteiger partial charge on any atom is 0.407 e. The Bertz CT molecular complexity index is 741. The van der Waals surface area contributed by atoms with Crippen LogP contribution in [0.5, 0.6) is 0 Å². The predicted octanol–water partition coefficient (Wildman–Crippen LogP) is 3.44. The zero-order valence-electron chi connectivity index (χ0n) is 31.7. The van der Waals surface area contributed by atoms with E-state index in [1.165, 1.54) is 0 Å². The van der Waals surface area contributed by atoms with E-state index in [1.807, 2.05) is 27.7 Å². The number of hydrogen-bond acceptors (Lipinski definition) is 14. The maximum absolute atomic E-state index is 12.0. The van der Waals surface area contributed by atoms with E-state index < -0.39 is 11.7 Å². The number of esters is 1. The Labute approximate surface area is 300 Å². The molecule has 0 aromatic heterocycles. The molecule has 0 heterocycles. The molecule has 0 radical (unpaired) electrons. The highest BCUT2D eigenvalue weighted by Crippen LogP contribution is 2.14. The zero-order valence-corrected chi connectivity index (χ0v) is 31.7. The van der Waals surface area contributed by atoms with Crippen LogP contribution in [0.25, 0.3) is 0 Å². The largest absolute Gasteiger partial charge is 0.463 e. The molecule has 0 fully saturated rings. The molecule has 0 aromatic carbocycles. The van der Waals surface area contributed by atoms with E-state index >= 15 is 0 Å². The maximum atomic E-state index is 12.0. The molecule has 50 heavy (non-hydrogen) atoms. The van der Waals surface area contributed by atoms with E-state index in [4.69, 9.17) is 56.8 Å². The minimum absolute atomic E-state index is 0.00776. The summed E-state index contributed by atoms with van der Waals surface area (Å²) in [6.07, 6.45) is 3.36. The Morgan fingerprint density at radius 1 is 0.500 bits per heavy atom. The number of hydrogen-bond donors (Lipinski definition) is 1. The van der Waals surface area contributed by atoms with Crippen molar-refractivity contribution >= 4 is 12.1 Å². The summed E-state index contributed by atoms with van der Waals surface area (Å²) in [5, 5.41) is 2.63. The number of unbranched alkanes of at least 4 members (excludes halogenated alkanes) is 1. The number of carbonyl (C=O) groups excluding carboxylic acids is 2. The monoisotopic (exact) mass is 727 g/mol. The summed E-state index contributed by atoms with van der Waals surface area (Å²) in [4.78, 5) is 23.5. The molecular weight excluding hydrogens is 658 g/mol. The van der Waals surface area contributed by atoms with Gasteiger partial charge in [0, 0.05) is 6.54 Å². The normalized spacial score (nSPS) is 12.3. The molecule has 1 N–H and O–H groups in total. The second-order valence-corrected chi connectivity index (χ2v) is 12.0. The molecule has 1 amide bonds. The zero-order chi connectivity index (χ0) is 36.8. The van der Waals surface area contributed by atoms with Crippen molar-refractivity contribution in [3.05, 3.63) is 0 Å². The summed E-state index contributed by atoms with van der Waals surface area (Å²) in [6.45, 7) is 19.5. The first-order valence-corrected chi connectivity index (χ1v) is 18.2. The van der Waals surface area contributed by atoms with Crippen molar-refractivity contribution in [1.82, 2.24) is 5.32 Å². The summed E-state index contributed by atoms with van der Waals surface area (Å²) in [5.41, 5.74) is -0.514. The Morgan fingerprint density at radius 2 is 0.820 bits per heavy atom. The van der Waals surface area contributed by atoms with Crippen molar-refractivity contribution in [2.45, 2.75) is 65.9 Å². The lowest BCUT2D eigenvalue weighted by Gasteiger charge is -2.19. The van der Waals surface area contributed by atoms with Crippen molar-refractivity contribution in [3.8, 4) is 0 Å². The van der Waals surface area contributed by atoms with Gasteiger partial charge in [-0.2, -0.15) is 0 Å². The third kappa shape index (κ3) is 37.6. The Morgan fingerprint density at radius 3 is 1.12 bits per heavy atom. The molecule has 0 aliphatic heterocycles. The number of alkyl carbamates (subject to hydrolysis) is 1. The fourth-order valence-electron chi connectivity index (χ4n) is 3.88. The topological polar surface area (TPSA) is 157 Å². The molecule has 1 atom stereocenters. The number of rotatable bonds is 38. The van der Waals surface area contributed by atoms with E-state index in [1.54, 1.807) is 0 Å². The Kier molecular flexibility index (Phi) is 35.9. The van der Waals surface area contributed by atoms with Crippen LogP contribution < -0.4 is 5.32 Å².